The van der Waals surface area contributed by atoms with Crippen molar-refractivity contribution < 1.29 is 19.4 Å². The minimum absolute atomic E-state index is 0.0414. The van der Waals surface area contributed by atoms with Gasteiger partial charge in [0, 0.05) is 12.8 Å². The topological polar surface area (TPSA) is 63.6 Å². The fourth-order valence-corrected chi connectivity index (χ4v) is 0.815. The van der Waals surface area contributed by atoms with Gasteiger partial charge in [-0.2, -0.15) is 0 Å². The van der Waals surface area contributed by atoms with E-state index >= 15 is 0 Å². The summed E-state index contributed by atoms with van der Waals surface area (Å²) in [5, 5.41) is 8.27. The first kappa shape index (κ1) is 9.03. The molecule has 0 heterocycles. The molecule has 0 aromatic carbocycles. The molecule has 1 aliphatic carbocycles. The van der Waals surface area contributed by atoms with Gasteiger partial charge in [-0.15, -0.1) is 0 Å². The highest BCUT2D eigenvalue weighted by Crippen LogP contribution is 2.24. The Morgan fingerprint density at radius 2 is 2.00 bits per heavy atom. The zero-order valence-electron chi connectivity index (χ0n) is 6.78. The average molecular weight is 172 g/mol. The lowest BCUT2D eigenvalue weighted by Gasteiger charge is -2.00. The van der Waals surface area contributed by atoms with E-state index in [0.717, 1.165) is 12.8 Å². The third-order valence-electron chi connectivity index (χ3n) is 1.59. The molecule has 1 saturated carbocycles. The largest absolute Gasteiger partial charge is 0.481 e. The fourth-order valence-electron chi connectivity index (χ4n) is 0.815. The molecular formula is C8H12O4. The summed E-state index contributed by atoms with van der Waals surface area (Å²) in [6, 6.07) is 0. The first-order valence-corrected chi connectivity index (χ1v) is 4.10. The highest BCUT2D eigenvalue weighted by Gasteiger charge is 2.25. The highest BCUT2D eigenvalue weighted by molar-refractivity contribution is 5.71. The van der Waals surface area contributed by atoms with Crippen molar-refractivity contribution in [1.29, 1.82) is 0 Å². The zero-order chi connectivity index (χ0) is 8.97. The predicted octanol–water partition coefficient (Wildman–Crippen LogP) is 0.947. The summed E-state index contributed by atoms with van der Waals surface area (Å²) >= 11 is 0. The molecule has 0 bridgehead atoms. The van der Waals surface area contributed by atoms with E-state index in [2.05, 4.69) is 0 Å². The van der Waals surface area contributed by atoms with E-state index < -0.39 is 5.97 Å². The number of rotatable bonds is 5. The van der Waals surface area contributed by atoms with Crippen LogP contribution in [0.15, 0.2) is 0 Å². The van der Waals surface area contributed by atoms with Crippen LogP contribution in [-0.2, 0) is 14.3 Å². The molecule has 12 heavy (non-hydrogen) atoms. The summed E-state index contributed by atoms with van der Waals surface area (Å²) in [6.07, 6.45) is 2.70. The van der Waals surface area contributed by atoms with Crippen molar-refractivity contribution in [3.8, 4) is 0 Å². The van der Waals surface area contributed by atoms with E-state index in [1.165, 1.54) is 0 Å². The second kappa shape index (κ2) is 4.09. The Morgan fingerprint density at radius 1 is 1.33 bits per heavy atom. The fraction of sp³-hybridized carbons (Fsp3) is 0.750. The van der Waals surface area contributed by atoms with Crippen LogP contribution in [0.1, 0.15) is 32.1 Å². The molecule has 4 heteroatoms. The number of esters is 1. The standard InChI is InChI=1S/C8H12O4/c9-7(10)2-1-3-8(11)12-6-4-5-6/h6H,1-5H2,(H,9,10). The van der Waals surface area contributed by atoms with Gasteiger partial charge in [-0.1, -0.05) is 0 Å². The van der Waals surface area contributed by atoms with Gasteiger partial charge in [-0.05, 0) is 19.3 Å². The molecule has 0 unspecified atom stereocenters. The number of carboxylic acid groups (broad SMARTS) is 1. The van der Waals surface area contributed by atoms with Crippen LogP contribution in [0.4, 0.5) is 0 Å². The molecular weight excluding hydrogens is 160 g/mol. The van der Waals surface area contributed by atoms with Gasteiger partial charge in [0.2, 0.25) is 0 Å². The van der Waals surface area contributed by atoms with Crippen LogP contribution in [0, 0.1) is 0 Å². The van der Waals surface area contributed by atoms with Crippen LogP contribution in [0.5, 0.6) is 0 Å². The maximum absolute atomic E-state index is 10.9. The lowest BCUT2D eigenvalue weighted by molar-refractivity contribution is -0.145. The third kappa shape index (κ3) is 3.95. The predicted molar refractivity (Wildman–Crippen MR) is 40.6 cm³/mol. The molecule has 0 aliphatic heterocycles. The van der Waals surface area contributed by atoms with E-state index in [9.17, 15) is 9.59 Å². The van der Waals surface area contributed by atoms with Gasteiger partial charge in [-0.25, -0.2) is 0 Å². The minimum atomic E-state index is -0.866. The summed E-state index contributed by atoms with van der Waals surface area (Å²) in [5.74, 6) is -1.13. The van der Waals surface area contributed by atoms with Crippen molar-refractivity contribution in [3.63, 3.8) is 0 Å². The van der Waals surface area contributed by atoms with Crippen LogP contribution in [-0.4, -0.2) is 23.1 Å². The van der Waals surface area contributed by atoms with Gasteiger partial charge in [0.05, 0.1) is 0 Å². The molecule has 1 fully saturated rings. The molecule has 0 radical (unpaired) electrons. The Bertz CT molecular complexity index is 183. The minimum Gasteiger partial charge on any atom is -0.481 e. The number of hydrogen-bond acceptors (Lipinski definition) is 3. The van der Waals surface area contributed by atoms with Gasteiger partial charge >= 0.3 is 11.9 Å². The number of carbonyl (C=O) groups excluding carboxylic acids is 1. The highest BCUT2D eigenvalue weighted by atomic mass is 16.5. The van der Waals surface area contributed by atoms with Crippen LogP contribution in [0.3, 0.4) is 0 Å². The number of ether oxygens (including phenoxy) is 1. The van der Waals surface area contributed by atoms with Gasteiger partial charge in [0.1, 0.15) is 6.10 Å². The van der Waals surface area contributed by atoms with Crippen molar-refractivity contribution in [2.24, 2.45) is 0 Å². The molecule has 1 N–H and O–H groups in total. The Hall–Kier alpha value is -1.06. The first-order chi connectivity index (χ1) is 5.68. The summed E-state index contributed by atoms with van der Waals surface area (Å²) in [6.45, 7) is 0. The third-order valence-corrected chi connectivity index (χ3v) is 1.59. The van der Waals surface area contributed by atoms with E-state index in [1.54, 1.807) is 0 Å². The average Bonchev–Trinajstić information content (AvgIpc) is 2.70. The summed E-state index contributed by atoms with van der Waals surface area (Å²) in [4.78, 5) is 20.9. The van der Waals surface area contributed by atoms with Crippen LogP contribution >= 0.6 is 0 Å². The van der Waals surface area contributed by atoms with E-state index in [4.69, 9.17) is 9.84 Å². The van der Waals surface area contributed by atoms with Gasteiger partial charge in [0.15, 0.2) is 0 Å². The van der Waals surface area contributed by atoms with Crippen molar-refractivity contribution in [2.75, 3.05) is 0 Å². The lowest BCUT2D eigenvalue weighted by atomic mass is 10.2. The summed E-state index contributed by atoms with van der Waals surface area (Å²) in [5.41, 5.74) is 0. The van der Waals surface area contributed by atoms with Crippen molar-refractivity contribution in [2.45, 2.75) is 38.2 Å². The Balaban J connectivity index is 1.97. The van der Waals surface area contributed by atoms with Crippen molar-refractivity contribution >= 4 is 11.9 Å². The normalized spacial score (nSPS) is 15.7. The summed E-state index contributed by atoms with van der Waals surface area (Å²) in [7, 11) is 0. The van der Waals surface area contributed by atoms with Crippen molar-refractivity contribution in [1.82, 2.24) is 0 Å². The quantitative estimate of drug-likeness (QED) is 0.627. The molecule has 0 spiro atoms. The van der Waals surface area contributed by atoms with E-state index in [-0.39, 0.29) is 24.9 Å². The number of carboxylic acids is 1. The molecule has 0 atom stereocenters. The Labute approximate surface area is 70.5 Å². The zero-order valence-corrected chi connectivity index (χ0v) is 6.78. The van der Waals surface area contributed by atoms with Gasteiger partial charge in [-0.3, -0.25) is 9.59 Å². The van der Waals surface area contributed by atoms with Crippen molar-refractivity contribution in [3.05, 3.63) is 0 Å². The SMILES string of the molecule is O=C(O)CCCC(=O)OC1CC1. The van der Waals surface area contributed by atoms with E-state index in [0.29, 0.717) is 6.42 Å². The monoisotopic (exact) mass is 172 g/mol. The maximum Gasteiger partial charge on any atom is 0.306 e. The Kier molecular flexibility index (Phi) is 3.08. The first-order valence-electron chi connectivity index (χ1n) is 4.10. The smallest absolute Gasteiger partial charge is 0.306 e. The number of aliphatic carboxylic acids is 1. The summed E-state index contributed by atoms with van der Waals surface area (Å²) < 4.78 is 4.91. The molecule has 0 aromatic heterocycles. The second-order valence-electron chi connectivity index (χ2n) is 2.94. The molecule has 1 aliphatic rings. The Morgan fingerprint density at radius 3 is 2.50 bits per heavy atom. The molecule has 0 amide bonds. The number of hydrogen-bond donors (Lipinski definition) is 1. The lowest BCUT2D eigenvalue weighted by Crippen LogP contribution is -2.06. The number of carbonyl (C=O) groups is 2. The van der Waals surface area contributed by atoms with Crippen LogP contribution in [0.2, 0.25) is 0 Å². The van der Waals surface area contributed by atoms with Gasteiger partial charge < -0.3 is 9.84 Å². The van der Waals surface area contributed by atoms with Gasteiger partial charge in [0.25, 0.3) is 0 Å². The molecule has 0 saturated heterocycles. The van der Waals surface area contributed by atoms with E-state index in [1.807, 2.05) is 0 Å². The second-order valence-corrected chi connectivity index (χ2v) is 2.94. The van der Waals surface area contributed by atoms with Crippen LogP contribution < -0.4 is 0 Å². The molecule has 0 aromatic rings. The molecule has 68 valence electrons. The molecule has 4 nitrogen and oxygen atoms in total. The van der Waals surface area contributed by atoms with Crippen LogP contribution in [0.25, 0.3) is 0 Å². The molecule has 1 rings (SSSR count). The maximum atomic E-state index is 10.9.